The number of ether oxygens (including phenoxy) is 3. The molecule has 1 fully saturated rings. The van der Waals surface area contributed by atoms with Crippen LogP contribution in [0.1, 0.15) is 33.3 Å². The van der Waals surface area contributed by atoms with E-state index < -0.39 is 5.97 Å². The molecule has 1 heterocycles. The Balaban J connectivity index is 1.86. The number of amides is 1. The highest BCUT2D eigenvalue weighted by Gasteiger charge is 2.35. The van der Waals surface area contributed by atoms with Gasteiger partial charge in [0.05, 0.1) is 23.8 Å². The Bertz CT molecular complexity index is 1050. The lowest BCUT2D eigenvalue weighted by molar-refractivity contribution is -0.145. The van der Waals surface area contributed by atoms with Crippen molar-refractivity contribution >= 4 is 40.6 Å². The molecular formula is C25H28N2O5S. The van der Waals surface area contributed by atoms with Gasteiger partial charge in [-0.3, -0.25) is 9.69 Å². The largest absolute Gasteiger partial charge is 0.490 e. The molecule has 1 saturated heterocycles. The Morgan fingerprint density at radius 1 is 1.06 bits per heavy atom. The highest BCUT2D eigenvalue weighted by molar-refractivity contribution is 8.18. The third kappa shape index (κ3) is 6.38. The third-order valence-corrected chi connectivity index (χ3v) is 5.53. The van der Waals surface area contributed by atoms with Crippen LogP contribution in [-0.4, -0.2) is 47.8 Å². The topological polar surface area (TPSA) is 77.4 Å². The van der Waals surface area contributed by atoms with Crippen LogP contribution >= 0.6 is 11.8 Å². The number of aliphatic imine (C=N–C) groups is 1. The summed E-state index contributed by atoms with van der Waals surface area (Å²) in [4.78, 5) is 31.7. The zero-order valence-electron chi connectivity index (χ0n) is 19.2. The van der Waals surface area contributed by atoms with Crippen molar-refractivity contribution in [3.05, 3.63) is 59.0 Å². The molecule has 33 heavy (non-hydrogen) atoms. The molecule has 1 aliphatic rings. The summed E-state index contributed by atoms with van der Waals surface area (Å²) < 4.78 is 16.2. The summed E-state index contributed by atoms with van der Waals surface area (Å²) in [5.41, 5.74) is 1.57. The van der Waals surface area contributed by atoms with Crippen LogP contribution in [0.15, 0.2) is 58.4 Å². The van der Waals surface area contributed by atoms with Crippen molar-refractivity contribution in [3.8, 4) is 11.5 Å². The molecule has 1 amide bonds. The Labute approximate surface area is 198 Å². The lowest BCUT2D eigenvalue weighted by atomic mass is 10.1. The van der Waals surface area contributed by atoms with E-state index in [1.165, 1.54) is 11.8 Å². The second-order valence-electron chi connectivity index (χ2n) is 7.34. The number of para-hydroxylation sites is 1. The van der Waals surface area contributed by atoms with Crippen molar-refractivity contribution < 1.29 is 23.8 Å². The minimum atomic E-state index is -0.446. The molecule has 8 heteroatoms. The van der Waals surface area contributed by atoms with Crippen LogP contribution in [0.3, 0.4) is 0 Å². The van der Waals surface area contributed by atoms with Gasteiger partial charge in [0.25, 0.3) is 5.91 Å². The molecule has 0 bridgehead atoms. The van der Waals surface area contributed by atoms with Gasteiger partial charge in [-0.2, -0.15) is 0 Å². The van der Waals surface area contributed by atoms with Gasteiger partial charge in [-0.15, -0.1) is 0 Å². The third-order valence-electron chi connectivity index (χ3n) is 4.55. The molecule has 1 aliphatic heterocycles. The van der Waals surface area contributed by atoms with E-state index in [9.17, 15) is 9.59 Å². The van der Waals surface area contributed by atoms with Crippen molar-refractivity contribution in [3.63, 3.8) is 0 Å². The van der Waals surface area contributed by atoms with E-state index >= 15 is 0 Å². The summed E-state index contributed by atoms with van der Waals surface area (Å²) in [6.45, 7) is 8.05. The van der Waals surface area contributed by atoms with Gasteiger partial charge in [0.2, 0.25) is 0 Å². The van der Waals surface area contributed by atoms with Gasteiger partial charge >= 0.3 is 5.97 Å². The fourth-order valence-electron chi connectivity index (χ4n) is 3.13. The van der Waals surface area contributed by atoms with Crippen LogP contribution < -0.4 is 9.47 Å². The highest BCUT2D eigenvalue weighted by atomic mass is 32.2. The Morgan fingerprint density at radius 2 is 1.82 bits per heavy atom. The zero-order chi connectivity index (χ0) is 23.8. The predicted octanol–water partition coefficient (Wildman–Crippen LogP) is 5.04. The molecule has 7 nitrogen and oxygen atoms in total. The Morgan fingerprint density at radius 3 is 2.48 bits per heavy atom. The number of hydrogen-bond donors (Lipinski definition) is 0. The van der Waals surface area contributed by atoms with E-state index in [1.807, 2.05) is 63.2 Å². The molecule has 0 spiro atoms. The number of rotatable bonds is 9. The number of benzene rings is 2. The zero-order valence-corrected chi connectivity index (χ0v) is 20.1. The van der Waals surface area contributed by atoms with E-state index in [0.29, 0.717) is 34.8 Å². The first-order valence-electron chi connectivity index (χ1n) is 10.8. The maximum atomic E-state index is 13.1. The molecule has 0 unspecified atom stereocenters. The lowest BCUT2D eigenvalue weighted by Crippen LogP contribution is -2.35. The average molecular weight is 469 g/mol. The second-order valence-corrected chi connectivity index (χ2v) is 8.35. The SMILES string of the molecule is CCOC(=O)COc1ccc(/C=C2/SC(=Nc3ccccc3)N(C(C)C)C2=O)cc1OCC. The van der Waals surface area contributed by atoms with Crippen LogP contribution in [0.5, 0.6) is 11.5 Å². The smallest absolute Gasteiger partial charge is 0.344 e. The number of esters is 1. The first-order chi connectivity index (χ1) is 15.9. The molecule has 0 aromatic heterocycles. The van der Waals surface area contributed by atoms with Crippen molar-refractivity contribution in [1.82, 2.24) is 4.90 Å². The predicted molar refractivity (Wildman–Crippen MR) is 131 cm³/mol. The molecular weight excluding hydrogens is 440 g/mol. The van der Waals surface area contributed by atoms with Gasteiger partial charge in [0, 0.05) is 6.04 Å². The number of nitrogens with zero attached hydrogens (tertiary/aromatic N) is 2. The van der Waals surface area contributed by atoms with Crippen LogP contribution in [-0.2, 0) is 14.3 Å². The van der Waals surface area contributed by atoms with E-state index in [4.69, 9.17) is 14.2 Å². The van der Waals surface area contributed by atoms with E-state index in [2.05, 4.69) is 4.99 Å². The van der Waals surface area contributed by atoms with Crippen LogP contribution in [0.2, 0.25) is 0 Å². The quantitative estimate of drug-likeness (QED) is 0.379. The number of carbonyl (C=O) groups excluding carboxylic acids is 2. The van der Waals surface area contributed by atoms with Crippen LogP contribution in [0, 0.1) is 0 Å². The minimum Gasteiger partial charge on any atom is -0.490 e. The summed E-state index contributed by atoms with van der Waals surface area (Å²) in [5, 5.41) is 0.645. The number of amidine groups is 1. The summed E-state index contributed by atoms with van der Waals surface area (Å²) in [6, 6.07) is 14.9. The Hall–Kier alpha value is -3.26. The molecule has 3 rings (SSSR count). The van der Waals surface area contributed by atoms with Crippen molar-refractivity contribution in [1.29, 1.82) is 0 Å². The number of thioether (sulfide) groups is 1. The van der Waals surface area contributed by atoms with Gasteiger partial charge in [-0.1, -0.05) is 24.3 Å². The summed E-state index contributed by atoms with van der Waals surface area (Å²) in [6.07, 6.45) is 1.81. The van der Waals surface area contributed by atoms with Crippen molar-refractivity contribution in [2.45, 2.75) is 33.7 Å². The Kier molecular flexibility index (Phi) is 8.54. The monoisotopic (exact) mass is 468 g/mol. The van der Waals surface area contributed by atoms with Crippen molar-refractivity contribution in [2.75, 3.05) is 19.8 Å². The van der Waals surface area contributed by atoms with E-state index in [1.54, 1.807) is 24.0 Å². The van der Waals surface area contributed by atoms with Gasteiger partial charge in [-0.05, 0) is 75.4 Å². The molecule has 0 N–H and O–H groups in total. The summed E-state index contributed by atoms with van der Waals surface area (Å²) in [7, 11) is 0. The molecule has 0 atom stereocenters. The second kappa shape index (κ2) is 11.6. The maximum absolute atomic E-state index is 13.1. The molecule has 0 saturated carbocycles. The highest BCUT2D eigenvalue weighted by Crippen LogP contribution is 2.37. The number of hydrogen-bond acceptors (Lipinski definition) is 7. The first-order valence-corrected chi connectivity index (χ1v) is 11.7. The standard InChI is InChI=1S/C25H28N2O5S/c1-5-30-21-14-18(12-13-20(21)32-16-23(28)31-6-2)15-22-24(29)27(17(3)4)25(33-22)26-19-10-8-7-9-11-19/h7-15,17H,5-6,16H2,1-4H3/b22-15+,26-25?. The minimum absolute atomic E-state index is 0.0315. The summed E-state index contributed by atoms with van der Waals surface area (Å²) in [5.74, 6) is 0.390. The first kappa shape index (κ1) is 24.4. The molecule has 2 aromatic rings. The fourth-order valence-corrected chi connectivity index (χ4v) is 4.25. The molecule has 2 aromatic carbocycles. The van der Waals surface area contributed by atoms with Gasteiger partial charge in [0.15, 0.2) is 23.3 Å². The maximum Gasteiger partial charge on any atom is 0.344 e. The van der Waals surface area contributed by atoms with Crippen molar-refractivity contribution in [2.24, 2.45) is 4.99 Å². The van der Waals surface area contributed by atoms with Crippen LogP contribution in [0.25, 0.3) is 6.08 Å². The lowest BCUT2D eigenvalue weighted by Gasteiger charge is -2.19. The molecule has 0 aliphatic carbocycles. The average Bonchev–Trinajstić information content (AvgIpc) is 3.09. The summed E-state index contributed by atoms with van der Waals surface area (Å²) >= 11 is 1.34. The van der Waals surface area contributed by atoms with E-state index in [0.717, 1.165) is 11.3 Å². The van der Waals surface area contributed by atoms with Crippen LogP contribution in [0.4, 0.5) is 5.69 Å². The van der Waals surface area contributed by atoms with Gasteiger partial charge < -0.3 is 14.2 Å². The molecule has 0 radical (unpaired) electrons. The number of carbonyl (C=O) groups is 2. The van der Waals surface area contributed by atoms with Gasteiger partial charge in [0.1, 0.15) is 0 Å². The molecule has 174 valence electrons. The van der Waals surface area contributed by atoms with Gasteiger partial charge in [-0.25, -0.2) is 9.79 Å². The fraction of sp³-hybridized carbons (Fsp3) is 0.320. The van der Waals surface area contributed by atoms with E-state index in [-0.39, 0.29) is 18.6 Å². The normalized spacial score (nSPS) is 16.0.